The van der Waals surface area contributed by atoms with E-state index in [1.165, 1.54) is 5.57 Å². The van der Waals surface area contributed by atoms with Gasteiger partial charge in [-0.05, 0) is 118 Å². The summed E-state index contributed by atoms with van der Waals surface area (Å²) >= 11 is 0. The van der Waals surface area contributed by atoms with Gasteiger partial charge >= 0.3 is 0 Å². The Morgan fingerprint density at radius 3 is 1.83 bits per heavy atom. The Balaban J connectivity index is 0.000000164. The summed E-state index contributed by atoms with van der Waals surface area (Å²) in [5.74, 6) is -1.22. The molecule has 6 fully saturated rings. The number of rotatable bonds is 4. The predicted octanol–water partition coefficient (Wildman–Crippen LogP) is 3.66. The minimum absolute atomic E-state index is 0.0171. The fourth-order valence-corrected chi connectivity index (χ4v) is 14.4. The molecule has 8 aliphatic rings. The van der Waals surface area contributed by atoms with Crippen molar-refractivity contribution in [3.8, 4) is 0 Å². The molecule has 0 aliphatic heterocycles. The van der Waals surface area contributed by atoms with Crippen molar-refractivity contribution in [2.24, 2.45) is 51.2 Å². The van der Waals surface area contributed by atoms with Crippen molar-refractivity contribution in [2.75, 3.05) is 13.2 Å². The minimum Gasteiger partial charge on any atom is -0.393 e. The summed E-state index contributed by atoms with van der Waals surface area (Å²) < 4.78 is 16.8. The molecule has 0 amide bonds. The SMILES string of the molecule is C[C@]12CCC(=O)C=C1CC[C@@H]1[C@@H]2[C@@H](O)C[C@@]2(C)[C@H]1CC[C@]2(O)C(=O)CO.C[C@]12CCC(=O)C=C1CC[C@H]1[C@@H]3CC[C@](O)(C(=O)CO)[C@@]3(C)C[C@H](O)[C@@]12F. The lowest BCUT2D eigenvalue weighted by Crippen LogP contribution is -2.69. The minimum atomic E-state index is -1.88. The number of carbonyl (C=O) groups excluding carboxylic acids is 4. The molecule has 6 N–H and O–H groups in total. The Morgan fingerprint density at radius 2 is 1.23 bits per heavy atom. The molecule has 0 unspecified atom stereocenters. The Kier molecular flexibility index (Phi) is 9.36. The zero-order chi connectivity index (χ0) is 38.7. The second-order valence-electron chi connectivity index (χ2n) is 19.2. The van der Waals surface area contributed by atoms with Gasteiger partial charge in [0.25, 0.3) is 0 Å². The molecule has 0 aromatic rings. The van der Waals surface area contributed by atoms with Crippen LogP contribution in [-0.4, -0.2) is 96.1 Å². The molecule has 10 nitrogen and oxygen atoms in total. The first-order chi connectivity index (χ1) is 24.7. The summed E-state index contributed by atoms with van der Waals surface area (Å²) in [5, 5.41) is 63.3. The van der Waals surface area contributed by atoms with Crippen molar-refractivity contribution in [1.29, 1.82) is 0 Å². The molecule has 294 valence electrons. The zero-order valence-corrected chi connectivity index (χ0v) is 31.7. The number of carbonyl (C=O) groups is 4. The number of hydrogen-bond donors (Lipinski definition) is 6. The number of allylic oxidation sites excluding steroid dienone is 2. The van der Waals surface area contributed by atoms with Gasteiger partial charge in [0.1, 0.15) is 30.1 Å². The fourth-order valence-electron chi connectivity index (χ4n) is 14.4. The summed E-state index contributed by atoms with van der Waals surface area (Å²) in [6.07, 6.45) is 8.38. The number of aliphatic hydroxyl groups is 6. The van der Waals surface area contributed by atoms with E-state index in [0.717, 1.165) is 31.3 Å². The third kappa shape index (κ3) is 5.02. The molecule has 0 aromatic heterocycles. The van der Waals surface area contributed by atoms with E-state index in [-0.39, 0.29) is 59.9 Å². The van der Waals surface area contributed by atoms with Gasteiger partial charge in [0, 0.05) is 35.0 Å². The van der Waals surface area contributed by atoms with Gasteiger partial charge in [-0.1, -0.05) is 38.8 Å². The van der Waals surface area contributed by atoms with E-state index >= 15 is 4.39 Å². The molecule has 11 heteroatoms. The number of Topliss-reactive ketones (excluding diaryl/α,β-unsaturated/α-hetero) is 2. The Hall–Kier alpha value is -2.15. The van der Waals surface area contributed by atoms with Crippen LogP contribution in [0.1, 0.15) is 118 Å². The van der Waals surface area contributed by atoms with Crippen molar-refractivity contribution in [1.82, 2.24) is 0 Å². The second kappa shape index (κ2) is 12.7. The molecule has 0 heterocycles. The molecule has 6 saturated carbocycles. The number of fused-ring (bicyclic) bond motifs is 10. The molecule has 0 radical (unpaired) electrons. The standard InChI is InChI=1S/C21H29FO5.C21H30O5/c1-18-7-5-13(24)9-12(18)3-4-15-14-6-8-20(27,17(26)11-23)19(14,2)10-16(25)21(15,18)22;1-19-7-5-13(23)9-12(19)3-4-14-15-6-8-21(26,17(25)11-22)20(15,2)10-16(24)18(14)19/h9,14-16,23,25,27H,3-8,10-11H2,1-2H3;9,14-16,18,22,24,26H,3-8,10-11H2,1-2H3/t14-,15-,16-,18-,19-,20-,21-;14-,15-,16-,18+,19-,20-,21-/m00/s1. The van der Waals surface area contributed by atoms with Gasteiger partial charge in [0.05, 0.1) is 12.2 Å². The smallest absolute Gasteiger partial charge is 0.190 e. The van der Waals surface area contributed by atoms with Crippen LogP contribution in [0, 0.1) is 51.2 Å². The van der Waals surface area contributed by atoms with E-state index in [1.54, 1.807) is 19.1 Å². The van der Waals surface area contributed by atoms with Gasteiger partial charge in [-0.2, -0.15) is 0 Å². The van der Waals surface area contributed by atoms with Crippen LogP contribution in [0.15, 0.2) is 23.3 Å². The molecule has 53 heavy (non-hydrogen) atoms. The number of halogens is 1. The van der Waals surface area contributed by atoms with E-state index in [4.69, 9.17) is 0 Å². The van der Waals surface area contributed by atoms with E-state index in [1.807, 2.05) is 13.8 Å². The average Bonchev–Trinajstić information content (AvgIpc) is 3.54. The van der Waals surface area contributed by atoms with Crippen LogP contribution < -0.4 is 0 Å². The van der Waals surface area contributed by atoms with Crippen LogP contribution in [0.3, 0.4) is 0 Å². The molecular formula is C42H59FO10. The average molecular weight is 743 g/mol. The molecule has 0 aromatic carbocycles. The predicted molar refractivity (Wildman–Crippen MR) is 191 cm³/mol. The summed E-state index contributed by atoms with van der Waals surface area (Å²) in [6, 6.07) is 0. The lowest BCUT2D eigenvalue weighted by atomic mass is 9.44. The van der Waals surface area contributed by atoms with Crippen LogP contribution in [0.25, 0.3) is 0 Å². The molecule has 0 saturated heterocycles. The Bertz CT molecular complexity index is 1660. The van der Waals surface area contributed by atoms with Crippen molar-refractivity contribution in [2.45, 2.75) is 147 Å². The van der Waals surface area contributed by atoms with Crippen LogP contribution in [0.4, 0.5) is 4.39 Å². The van der Waals surface area contributed by atoms with E-state index < -0.39 is 76.0 Å². The maximum atomic E-state index is 16.8. The first kappa shape index (κ1) is 39.1. The number of ketones is 4. The summed E-state index contributed by atoms with van der Waals surface area (Å²) in [5.41, 5.74) is -5.91. The fraction of sp³-hybridized carbons (Fsp3) is 0.810. The highest BCUT2D eigenvalue weighted by atomic mass is 19.1. The molecule has 8 aliphatic carbocycles. The summed E-state index contributed by atoms with van der Waals surface area (Å²) in [4.78, 5) is 48.5. The Labute approximate surface area is 311 Å². The molecule has 0 spiro atoms. The van der Waals surface area contributed by atoms with Crippen LogP contribution in [0.5, 0.6) is 0 Å². The number of hydrogen-bond acceptors (Lipinski definition) is 10. The summed E-state index contributed by atoms with van der Waals surface area (Å²) in [7, 11) is 0. The third-order valence-electron chi connectivity index (χ3n) is 17.5. The quantitative estimate of drug-likeness (QED) is 0.248. The largest absolute Gasteiger partial charge is 0.393 e. The highest BCUT2D eigenvalue weighted by Crippen LogP contribution is 2.71. The van der Waals surface area contributed by atoms with Gasteiger partial charge in [-0.3, -0.25) is 19.2 Å². The molecule has 14 atom stereocenters. The van der Waals surface area contributed by atoms with E-state index in [0.29, 0.717) is 44.9 Å². The third-order valence-corrected chi connectivity index (χ3v) is 17.5. The van der Waals surface area contributed by atoms with Crippen molar-refractivity contribution >= 4 is 23.1 Å². The van der Waals surface area contributed by atoms with Crippen molar-refractivity contribution in [3.63, 3.8) is 0 Å². The van der Waals surface area contributed by atoms with Gasteiger partial charge in [0.2, 0.25) is 0 Å². The van der Waals surface area contributed by atoms with E-state index in [2.05, 4.69) is 6.92 Å². The highest BCUT2D eigenvalue weighted by Gasteiger charge is 2.74. The lowest BCUT2D eigenvalue weighted by Gasteiger charge is -2.63. The maximum absolute atomic E-state index is 16.8. The molecule has 0 bridgehead atoms. The van der Waals surface area contributed by atoms with Crippen LogP contribution in [-0.2, 0) is 19.2 Å². The van der Waals surface area contributed by atoms with Gasteiger partial charge in [-0.25, -0.2) is 4.39 Å². The lowest BCUT2D eigenvalue weighted by molar-refractivity contribution is -0.226. The van der Waals surface area contributed by atoms with Gasteiger partial charge in [0.15, 0.2) is 23.1 Å². The maximum Gasteiger partial charge on any atom is 0.190 e. The van der Waals surface area contributed by atoms with E-state index in [9.17, 15) is 49.8 Å². The normalized spacial score (nSPS) is 51.2. The second-order valence-corrected chi connectivity index (χ2v) is 19.2. The summed E-state index contributed by atoms with van der Waals surface area (Å²) in [6.45, 7) is 6.29. The van der Waals surface area contributed by atoms with Crippen molar-refractivity contribution < 1.29 is 54.2 Å². The topological polar surface area (TPSA) is 190 Å². The molecule has 8 rings (SSSR count). The van der Waals surface area contributed by atoms with Crippen molar-refractivity contribution in [3.05, 3.63) is 23.3 Å². The monoisotopic (exact) mass is 742 g/mol. The number of alkyl halides is 1. The van der Waals surface area contributed by atoms with Gasteiger partial charge < -0.3 is 30.6 Å². The van der Waals surface area contributed by atoms with Crippen LogP contribution in [0.2, 0.25) is 0 Å². The van der Waals surface area contributed by atoms with Gasteiger partial charge in [-0.15, -0.1) is 0 Å². The highest BCUT2D eigenvalue weighted by molar-refractivity contribution is 5.92. The first-order valence-corrected chi connectivity index (χ1v) is 20.0. The zero-order valence-electron chi connectivity index (χ0n) is 31.7. The number of aliphatic hydroxyl groups excluding tert-OH is 4. The first-order valence-electron chi connectivity index (χ1n) is 20.0. The van der Waals surface area contributed by atoms with Crippen LogP contribution >= 0.6 is 0 Å². The Morgan fingerprint density at radius 1 is 0.698 bits per heavy atom. The molecular weight excluding hydrogens is 683 g/mol.